The predicted octanol–water partition coefficient (Wildman–Crippen LogP) is 3.38. The summed E-state index contributed by atoms with van der Waals surface area (Å²) in [5.74, 6) is 0.779. The summed E-state index contributed by atoms with van der Waals surface area (Å²) in [6.07, 6.45) is 0. The summed E-state index contributed by atoms with van der Waals surface area (Å²) in [5.41, 5.74) is 0. The van der Waals surface area contributed by atoms with Gasteiger partial charge in [-0.25, -0.2) is 0 Å². The van der Waals surface area contributed by atoms with Crippen LogP contribution in [0.3, 0.4) is 0 Å². The number of furan rings is 1. The summed E-state index contributed by atoms with van der Waals surface area (Å²) < 4.78 is 6.03. The zero-order valence-corrected chi connectivity index (χ0v) is 11.0. The first-order chi connectivity index (χ1) is 7.66. The summed E-state index contributed by atoms with van der Waals surface area (Å²) in [5, 5.41) is 1.89. The minimum Gasteiger partial charge on any atom is -0.452 e. The highest BCUT2D eigenvalue weighted by atomic mass is 79.9. The molecular weight excluding hydrogens is 290 g/mol. The van der Waals surface area contributed by atoms with Crippen LogP contribution in [-0.4, -0.2) is 17.9 Å². The molecule has 0 spiro atoms. The normalized spacial score (nSPS) is 10.4. The number of rotatable bonds is 3. The van der Waals surface area contributed by atoms with E-state index in [2.05, 4.69) is 15.9 Å². The highest BCUT2D eigenvalue weighted by Gasteiger charge is 2.14. The molecule has 0 aromatic carbocycles. The predicted molar refractivity (Wildman–Crippen MR) is 66.5 cm³/mol. The molecule has 0 saturated heterocycles. The fourth-order valence-corrected chi connectivity index (χ4v) is 2.39. The van der Waals surface area contributed by atoms with Crippen molar-refractivity contribution in [3.8, 4) is 0 Å². The molecule has 0 unspecified atom stereocenters. The standard InChI is InChI=1S/C11H10BrNO2S/c1-13(7-8-4-5-10(12)15-8)11(14)9-3-2-6-16-9/h2-6H,7H2,1H3. The molecule has 0 saturated carbocycles. The monoisotopic (exact) mass is 299 g/mol. The lowest BCUT2D eigenvalue weighted by molar-refractivity contribution is 0.0780. The number of thiophene rings is 1. The summed E-state index contributed by atoms with van der Waals surface area (Å²) >= 11 is 4.67. The van der Waals surface area contributed by atoms with Crippen molar-refractivity contribution >= 4 is 33.2 Å². The lowest BCUT2D eigenvalue weighted by Gasteiger charge is -2.14. The topological polar surface area (TPSA) is 33.5 Å². The Kier molecular flexibility index (Phi) is 3.46. The van der Waals surface area contributed by atoms with E-state index in [9.17, 15) is 4.79 Å². The molecule has 0 aliphatic rings. The van der Waals surface area contributed by atoms with E-state index in [1.807, 2.05) is 29.6 Å². The number of carbonyl (C=O) groups is 1. The highest BCUT2D eigenvalue weighted by Crippen LogP contribution is 2.17. The van der Waals surface area contributed by atoms with Gasteiger partial charge in [0.2, 0.25) is 0 Å². The van der Waals surface area contributed by atoms with Crippen LogP contribution < -0.4 is 0 Å². The lowest BCUT2D eigenvalue weighted by atomic mass is 10.3. The van der Waals surface area contributed by atoms with Crippen LogP contribution in [0, 0.1) is 0 Å². The molecule has 5 heteroatoms. The Labute approximate surface area is 106 Å². The second-order valence-corrected chi connectivity index (χ2v) is 5.07. The third-order valence-electron chi connectivity index (χ3n) is 2.10. The first-order valence-electron chi connectivity index (χ1n) is 4.70. The highest BCUT2D eigenvalue weighted by molar-refractivity contribution is 9.10. The molecule has 16 heavy (non-hydrogen) atoms. The molecule has 0 radical (unpaired) electrons. The van der Waals surface area contributed by atoms with Crippen molar-refractivity contribution < 1.29 is 9.21 Å². The molecule has 2 aromatic rings. The maximum atomic E-state index is 11.9. The minimum absolute atomic E-state index is 0.0162. The Hall–Kier alpha value is -1.07. The van der Waals surface area contributed by atoms with Crippen LogP contribution in [0.25, 0.3) is 0 Å². The molecule has 0 aliphatic carbocycles. The zero-order valence-electron chi connectivity index (χ0n) is 8.64. The number of amides is 1. The third-order valence-corrected chi connectivity index (χ3v) is 3.38. The molecule has 2 aromatic heterocycles. The fraction of sp³-hybridized carbons (Fsp3) is 0.182. The summed E-state index contributed by atoms with van der Waals surface area (Å²) in [4.78, 5) is 14.3. The summed E-state index contributed by atoms with van der Waals surface area (Å²) in [6, 6.07) is 7.36. The second kappa shape index (κ2) is 4.84. The van der Waals surface area contributed by atoms with Gasteiger partial charge in [0.05, 0.1) is 11.4 Å². The molecule has 0 fully saturated rings. The van der Waals surface area contributed by atoms with Gasteiger partial charge in [0, 0.05) is 7.05 Å². The van der Waals surface area contributed by atoms with Gasteiger partial charge in [-0.15, -0.1) is 11.3 Å². The van der Waals surface area contributed by atoms with Crippen LogP contribution in [0.15, 0.2) is 38.7 Å². The van der Waals surface area contributed by atoms with Crippen molar-refractivity contribution in [2.24, 2.45) is 0 Å². The Morgan fingerprint density at radius 2 is 2.31 bits per heavy atom. The number of carbonyl (C=O) groups excluding carboxylic acids is 1. The first kappa shape index (κ1) is 11.4. The first-order valence-corrected chi connectivity index (χ1v) is 6.37. The van der Waals surface area contributed by atoms with Gasteiger partial charge in [-0.05, 0) is 39.5 Å². The smallest absolute Gasteiger partial charge is 0.264 e. The van der Waals surface area contributed by atoms with E-state index in [1.165, 1.54) is 11.3 Å². The van der Waals surface area contributed by atoms with Gasteiger partial charge in [-0.2, -0.15) is 0 Å². The average Bonchev–Trinajstić information content (AvgIpc) is 2.88. The van der Waals surface area contributed by atoms with E-state index in [1.54, 1.807) is 11.9 Å². The van der Waals surface area contributed by atoms with Gasteiger partial charge in [0.1, 0.15) is 5.76 Å². The number of halogens is 1. The van der Waals surface area contributed by atoms with Crippen LogP contribution in [0.1, 0.15) is 15.4 Å². The quantitative estimate of drug-likeness (QED) is 0.870. The van der Waals surface area contributed by atoms with Gasteiger partial charge < -0.3 is 9.32 Å². The van der Waals surface area contributed by atoms with Crippen molar-refractivity contribution in [2.75, 3.05) is 7.05 Å². The fourth-order valence-electron chi connectivity index (χ4n) is 1.33. The maximum absolute atomic E-state index is 11.9. The Bertz CT molecular complexity index is 478. The average molecular weight is 300 g/mol. The molecule has 0 aliphatic heterocycles. The Morgan fingerprint density at radius 1 is 1.50 bits per heavy atom. The van der Waals surface area contributed by atoms with Crippen LogP contribution in [0.2, 0.25) is 0 Å². The van der Waals surface area contributed by atoms with Crippen molar-refractivity contribution in [3.63, 3.8) is 0 Å². The largest absolute Gasteiger partial charge is 0.452 e. The van der Waals surface area contributed by atoms with Gasteiger partial charge in [-0.3, -0.25) is 4.79 Å². The molecule has 0 atom stereocenters. The van der Waals surface area contributed by atoms with Crippen LogP contribution in [-0.2, 0) is 6.54 Å². The number of hydrogen-bond donors (Lipinski definition) is 0. The minimum atomic E-state index is 0.0162. The summed E-state index contributed by atoms with van der Waals surface area (Å²) in [6.45, 7) is 0.475. The molecule has 0 bridgehead atoms. The number of nitrogens with zero attached hydrogens (tertiary/aromatic N) is 1. The maximum Gasteiger partial charge on any atom is 0.264 e. The van der Waals surface area contributed by atoms with E-state index in [0.717, 1.165) is 10.6 Å². The second-order valence-electron chi connectivity index (χ2n) is 3.34. The molecule has 1 amide bonds. The summed E-state index contributed by atoms with van der Waals surface area (Å²) in [7, 11) is 1.76. The molecule has 0 N–H and O–H groups in total. The molecule has 2 rings (SSSR count). The lowest BCUT2D eigenvalue weighted by Crippen LogP contribution is -2.25. The van der Waals surface area contributed by atoms with Crippen molar-refractivity contribution in [3.05, 3.63) is 45.0 Å². The van der Waals surface area contributed by atoms with Gasteiger partial charge in [0.15, 0.2) is 4.67 Å². The van der Waals surface area contributed by atoms with E-state index < -0.39 is 0 Å². The van der Waals surface area contributed by atoms with E-state index in [0.29, 0.717) is 11.2 Å². The van der Waals surface area contributed by atoms with Crippen molar-refractivity contribution in [1.29, 1.82) is 0 Å². The van der Waals surface area contributed by atoms with E-state index in [4.69, 9.17) is 4.42 Å². The molecule has 2 heterocycles. The van der Waals surface area contributed by atoms with E-state index in [-0.39, 0.29) is 5.91 Å². The van der Waals surface area contributed by atoms with Gasteiger partial charge >= 0.3 is 0 Å². The SMILES string of the molecule is CN(Cc1ccc(Br)o1)C(=O)c1cccs1. The van der Waals surface area contributed by atoms with Crippen LogP contribution in [0.5, 0.6) is 0 Å². The van der Waals surface area contributed by atoms with Crippen molar-refractivity contribution in [2.45, 2.75) is 6.54 Å². The Morgan fingerprint density at radius 3 is 2.88 bits per heavy atom. The zero-order chi connectivity index (χ0) is 11.5. The third kappa shape index (κ3) is 2.54. The molecular formula is C11H10BrNO2S. The van der Waals surface area contributed by atoms with Gasteiger partial charge in [0.25, 0.3) is 5.91 Å². The van der Waals surface area contributed by atoms with E-state index >= 15 is 0 Å². The van der Waals surface area contributed by atoms with Crippen molar-refractivity contribution in [1.82, 2.24) is 4.90 Å². The number of hydrogen-bond acceptors (Lipinski definition) is 3. The van der Waals surface area contributed by atoms with Gasteiger partial charge in [-0.1, -0.05) is 6.07 Å². The Balaban J connectivity index is 2.03. The van der Waals surface area contributed by atoms with Crippen LogP contribution >= 0.6 is 27.3 Å². The molecule has 3 nitrogen and oxygen atoms in total. The van der Waals surface area contributed by atoms with Crippen LogP contribution in [0.4, 0.5) is 0 Å². The molecule has 84 valence electrons.